The van der Waals surface area contributed by atoms with Gasteiger partial charge in [0.05, 0.1) is 0 Å². The minimum absolute atomic E-state index is 0.0173. The lowest BCUT2D eigenvalue weighted by Gasteiger charge is -2.11. The summed E-state index contributed by atoms with van der Waals surface area (Å²) in [5.41, 5.74) is 2.62. The number of benzene rings is 1. The lowest BCUT2D eigenvalue weighted by atomic mass is 10.2. The van der Waals surface area contributed by atoms with Crippen LogP contribution in [-0.2, 0) is 0 Å². The number of nitrogens with one attached hydrogen (secondary N) is 1. The number of aliphatic imine (C=N–C) groups is 1. The fraction of sp³-hybridized carbons (Fsp3) is 0.125. The van der Waals surface area contributed by atoms with Crippen molar-refractivity contribution in [1.82, 2.24) is 0 Å². The number of aryl methyl sites for hydroxylation is 1. The van der Waals surface area contributed by atoms with Gasteiger partial charge in [0.1, 0.15) is 5.69 Å². The maximum Gasteiger partial charge on any atom is 0.194 e. The van der Waals surface area contributed by atoms with E-state index in [-0.39, 0.29) is 5.06 Å². The van der Waals surface area contributed by atoms with Gasteiger partial charge in [-0.2, -0.15) is 4.99 Å². The molecule has 0 saturated heterocycles. The number of fused-ring (bicyclic) bond motifs is 1. The summed E-state index contributed by atoms with van der Waals surface area (Å²) < 4.78 is 0. The van der Waals surface area contributed by atoms with Crippen LogP contribution in [0.3, 0.4) is 0 Å². The molecule has 2 rings (SSSR count). The van der Waals surface area contributed by atoms with Gasteiger partial charge in [-0.05, 0) is 18.6 Å². The highest BCUT2D eigenvalue weighted by molar-refractivity contribution is 5.72. The fourth-order valence-electron chi connectivity index (χ4n) is 1.16. The molecule has 0 fully saturated rings. The van der Waals surface area contributed by atoms with E-state index in [1.807, 2.05) is 25.1 Å². The zero-order valence-electron chi connectivity index (χ0n) is 6.16. The van der Waals surface area contributed by atoms with Crippen molar-refractivity contribution >= 4 is 17.7 Å². The van der Waals surface area contributed by atoms with Crippen molar-refractivity contribution in [3.05, 3.63) is 29.0 Å². The summed E-state index contributed by atoms with van der Waals surface area (Å²) in [7, 11) is 0. The van der Waals surface area contributed by atoms with E-state index in [0.29, 0.717) is 0 Å². The molecule has 1 aliphatic heterocycles. The summed E-state index contributed by atoms with van der Waals surface area (Å²) in [6.07, 6.45) is 1.37. The van der Waals surface area contributed by atoms with E-state index >= 15 is 0 Å². The highest BCUT2D eigenvalue weighted by atomic mass is 16.5. The average Bonchev–Trinajstić information content (AvgIpc) is 2.33. The van der Waals surface area contributed by atoms with Gasteiger partial charge in [0.25, 0.3) is 0 Å². The van der Waals surface area contributed by atoms with E-state index in [1.54, 1.807) is 0 Å². The highest BCUT2D eigenvalue weighted by Crippen LogP contribution is 2.24. The smallest absolute Gasteiger partial charge is 0.194 e. The summed E-state index contributed by atoms with van der Waals surface area (Å²) in [6, 6.07) is 5.69. The van der Waals surface area contributed by atoms with Gasteiger partial charge in [-0.3, -0.25) is 5.06 Å². The number of nitrogens with zero attached hydrogens (tertiary/aromatic N) is 1. The van der Waals surface area contributed by atoms with Crippen LogP contribution in [0, 0.1) is 12.1 Å². The Hall–Kier alpha value is -1.19. The first-order valence-electron chi connectivity index (χ1n) is 3.46. The summed E-state index contributed by atoms with van der Waals surface area (Å²) in [6.45, 7) is 1.96. The van der Waals surface area contributed by atoms with Crippen molar-refractivity contribution in [3.63, 3.8) is 0 Å². The third-order valence-corrected chi connectivity index (χ3v) is 1.74. The predicted octanol–water partition coefficient (Wildman–Crippen LogP) is 0.683. The molecule has 11 heavy (non-hydrogen) atoms. The van der Waals surface area contributed by atoms with E-state index in [2.05, 4.69) is 4.99 Å². The molecule has 1 aromatic rings. The van der Waals surface area contributed by atoms with Crippen LogP contribution >= 0.6 is 0 Å². The number of rotatable bonds is 0. The summed E-state index contributed by atoms with van der Waals surface area (Å²) in [4.78, 5) is 3.95. The molecule has 0 aromatic heterocycles. The Balaban J connectivity index is 2.58. The van der Waals surface area contributed by atoms with Crippen molar-refractivity contribution in [2.24, 2.45) is 4.99 Å². The van der Waals surface area contributed by atoms with E-state index in [9.17, 15) is 5.21 Å². The summed E-state index contributed by atoms with van der Waals surface area (Å²) in [5, 5.41) is 11.1. The molecular weight excluding hydrogens is 140 g/mol. The number of hydroxylamine groups is 1. The van der Waals surface area contributed by atoms with Crippen LogP contribution in [0.2, 0.25) is 0 Å². The van der Waals surface area contributed by atoms with E-state index in [0.717, 1.165) is 16.9 Å². The molecule has 0 amide bonds. The van der Waals surface area contributed by atoms with Crippen LogP contribution < -0.4 is 5.06 Å². The molecule has 1 unspecified atom stereocenters. The first kappa shape index (κ1) is 6.52. The molecular formula is C8H8N2O. The standard InChI is InChI=1S/C8H8N2O/c1-6-2-3-7-8(4-6)10(11)5-9-7/h2-5,10H,1H3. The van der Waals surface area contributed by atoms with E-state index in [4.69, 9.17) is 0 Å². The van der Waals surface area contributed by atoms with Crippen molar-refractivity contribution < 1.29 is 5.06 Å². The summed E-state index contributed by atoms with van der Waals surface area (Å²) in [5.74, 6) is 0. The number of hydrogen-bond acceptors (Lipinski definition) is 2. The van der Waals surface area contributed by atoms with Crippen LogP contribution in [0.1, 0.15) is 5.56 Å². The average molecular weight is 148 g/mol. The van der Waals surface area contributed by atoms with Gasteiger partial charge in [0.15, 0.2) is 12.0 Å². The third-order valence-electron chi connectivity index (χ3n) is 1.74. The topological polar surface area (TPSA) is 39.9 Å². The van der Waals surface area contributed by atoms with Crippen molar-refractivity contribution in [2.75, 3.05) is 0 Å². The normalized spacial score (nSPS) is 20.4. The van der Waals surface area contributed by atoms with E-state index in [1.165, 1.54) is 6.34 Å². The molecule has 3 heteroatoms. The first-order valence-corrected chi connectivity index (χ1v) is 3.46. The Morgan fingerprint density at radius 1 is 1.45 bits per heavy atom. The minimum Gasteiger partial charge on any atom is -0.623 e. The largest absolute Gasteiger partial charge is 0.623 e. The molecule has 1 heterocycles. The molecule has 1 atom stereocenters. The fourth-order valence-corrected chi connectivity index (χ4v) is 1.16. The maximum atomic E-state index is 11.1. The second-order valence-corrected chi connectivity index (χ2v) is 2.64. The van der Waals surface area contributed by atoms with Gasteiger partial charge in [-0.1, -0.05) is 6.07 Å². The Morgan fingerprint density at radius 2 is 2.27 bits per heavy atom. The molecule has 56 valence electrons. The van der Waals surface area contributed by atoms with Crippen molar-refractivity contribution in [3.8, 4) is 0 Å². The maximum absolute atomic E-state index is 11.1. The van der Waals surface area contributed by atoms with Gasteiger partial charge in [0, 0.05) is 6.07 Å². The zero-order valence-corrected chi connectivity index (χ0v) is 6.16. The van der Waals surface area contributed by atoms with Crippen molar-refractivity contribution in [2.45, 2.75) is 6.92 Å². The quantitative estimate of drug-likeness (QED) is 0.540. The molecule has 3 nitrogen and oxygen atoms in total. The highest BCUT2D eigenvalue weighted by Gasteiger charge is 2.13. The van der Waals surface area contributed by atoms with Gasteiger partial charge in [-0.15, -0.1) is 0 Å². The lowest BCUT2D eigenvalue weighted by Crippen LogP contribution is -2.99. The van der Waals surface area contributed by atoms with Crippen LogP contribution in [0.25, 0.3) is 0 Å². The van der Waals surface area contributed by atoms with Gasteiger partial charge in [-0.25, -0.2) is 0 Å². The molecule has 0 bridgehead atoms. The van der Waals surface area contributed by atoms with E-state index < -0.39 is 0 Å². The second-order valence-electron chi connectivity index (χ2n) is 2.64. The Morgan fingerprint density at radius 3 is 3.09 bits per heavy atom. The van der Waals surface area contributed by atoms with Gasteiger partial charge in [0.2, 0.25) is 0 Å². The molecule has 0 saturated carbocycles. The molecule has 1 N–H and O–H groups in total. The second kappa shape index (κ2) is 2.15. The van der Waals surface area contributed by atoms with Gasteiger partial charge < -0.3 is 5.21 Å². The molecule has 1 aliphatic rings. The molecule has 0 aliphatic carbocycles. The zero-order chi connectivity index (χ0) is 7.84. The summed E-state index contributed by atoms with van der Waals surface area (Å²) >= 11 is 0. The Labute approximate surface area is 64.6 Å². The Kier molecular flexibility index (Phi) is 1.27. The molecule has 0 spiro atoms. The molecule has 1 aromatic carbocycles. The van der Waals surface area contributed by atoms with Crippen LogP contribution in [0.15, 0.2) is 23.2 Å². The SMILES string of the molecule is Cc1ccc2c(c1)[NH+]([O-])C=N2. The lowest BCUT2D eigenvalue weighted by molar-refractivity contribution is -0.655. The van der Waals surface area contributed by atoms with Crippen LogP contribution in [0.4, 0.5) is 11.4 Å². The van der Waals surface area contributed by atoms with Crippen LogP contribution in [0.5, 0.6) is 0 Å². The number of quaternary nitrogens is 1. The Bertz CT molecular complexity index is 320. The minimum atomic E-state index is 0.0173. The number of hydrogen-bond donors (Lipinski definition) is 1. The molecule has 0 radical (unpaired) electrons. The van der Waals surface area contributed by atoms with Crippen LogP contribution in [-0.4, -0.2) is 6.34 Å². The monoisotopic (exact) mass is 148 g/mol. The third kappa shape index (κ3) is 0.943. The van der Waals surface area contributed by atoms with Gasteiger partial charge >= 0.3 is 0 Å². The first-order chi connectivity index (χ1) is 5.27. The predicted molar refractivity (Wildman–Crippen MR) is 43.3 cm³/mol. The van der Waals surface area contributed by atoms with Crippen molar-refractivity contribution in [1.29, 1.82) is 0 Å².